The van der Waals surface area contributed by atoms with Crippen molar-refractivity contribution in [3.05, 3.63) is 73.7 Å². The summed E-state index contributed by atoms with van der Waals surface area (Å²) in [5.41, 5.74) is 2.95. The van der Waals surface area contributed by atoms with Crippen LogP contribution in [0, 0.1) is 18.3 Å². The second-order valence-electron chi connectivity index (χ2n) is 6.51. The number of allylic oxidation sites excluding steroid dienone is 1. The number of rotatable bonds is 5. The molecule has 2 aromatic rings. The molecule has 0 unspecified atom stereocenters. The molecular weight excluding hydrogens is 474 g/mol. The van der Waals surface area contributed by atoms with Crippen molar-refractivity contribution in [3.63, 3.8) is 0 Å². The van der Waals surface area contributed by atoms with Gasteiger partial charge in [-0.05, 0) is 48.4 Å². The summed E-state index contributed by atoms with van der Waals surface area (Å²) in [4.78, 5) is 24.6. The van der Waals surface area contributed by atoms with Crippen molar-refractivity contribution >= 4 is 56.8 Å². The predicted molar refractivity (Wildman–Crippen MR) is 120 cm³/mol. The van der Waals surface area contributed by atoms with Crippen molar-refractivity contribution in [1.29, 1.82) is 5.26 Å². The molecule has 0 bridgehead atoms. The van der Waals surface area contributed by atoms with Crippen LogP contribution in [-0.2, 0) is 9.59 Å². The van der Waals surface area contributed by atoms with Gasteiger partial charge in [0, 0.05) is 27.5 Å². The molecule has 2 amide bonds. The topological polar surface area (TPSA) is 82.0 Å². The Morgan fingerprint density at radius 3 is 2.72 bits per heavy atom. The minimum absolute atomic E-state index is 0.0731. The number of carbonyl (C=O) groups is 2. The highest BCUT2D eigenvalue weighted by Crippen LogP contribution is 2.36. The van der Waals surface area contributed by atoms with E-state index in [1.54, 1.807) is 12.1 Å². The SMILES string of the molecule is Cc1cc(Br)ccc1NC(=O)CSC1=C(C#N)[C@H](c2ccc(Cl)cc2)CC(=O)N1. The number of hydrogen-bond donors (Lipinski definition) is 2. The highest BCUT2D eigenvalue weighted by Gasteiger charge is 2.29. The average Bonchev–Trinajstić information content (AvgIpc) is 2.68. The molecule has 1 atom stereocenters. The lowest BCUT2D eigenvalue weighted by atomic mass is 9.87. The minimum atomic E-state index is -0.356. The van der Waals surface area contributed by atoms with Gasteiger partial charge in [-0.1, -0.05) is 51.4 Å². The fraction of sp³-hybridized carbons (Fsp3) is 0.190. The van der Waals surface area contributed by atoms with Crippen LogP contribution in [0.15, 0.2) is 57.5 Å². The van der Waals surface area contributed by atoms with E-state index in [1.807, 2.05) is 37.3 Å². The van der Waals surface area contributed by atoms with E-state index >= 15 is 0 Å². The fourth-order valence-electron chi connectivity index (χ4n) is 3.00. The smallest absolute Gasteiger partial charge is 0.234 e. The van der Waals surface area contributed by atoms with E-state index in [4.69, 9.17) is 11.6 Å². The van der Waals surface area contributed by atoms with E-state index in [1.165, 1.54) is 0 Å². The molecule has 3 rings (SSSR count). The van der Waals surface area contributed by atoms with E-state index < -0.39 is 0 Å². The van der Waals surface area contributed by atoms with Gasteiger partial charge >= 0.3 is 0 Å². The fourth-order valence-corrected chi connectivity index (χ4v) is 4.48. The number of benzene rings is 2. The molecule has 29 heavy (non-hydrogen) atoms. The lowest BCUT2D eigenvalue weighted by Crippen LogP contribution is -2.31. The van der Waals surface area contributed by atoms with Gasteiger partial charge in [-0.3, -0.25) is 9.59 Å². The molecule has 0 radical (unpaired) electrons. The number of halogens is 2. The van der Waals surface area contributed by atoms with Crippen LogP contribution in [0.2, 0.25) is 5.02 Å². The van der Waals surface area contributed by atoms with Crippen LogP contribution in [0.25, 0.3) is 0 Å². The molecule has 1 aliphatic heterocycles. The van der Waals surface area contributed by atoms with Gasteiger partial charge in [-0.15, -0.1) is 0 Å². The Morgan fingerprint density at radius 1 is 1.34 bits per heavy atom. The zero-order valence-corrected chi connectivity index (χ0v) is 18.6. The van der Waals surface area contributed by atoms with Gasteiger partial charge in [0.2, 0.25) is 11.8 Å². The second kappa shape index (κ2) is 9.49. The maximum Gasteiger partial charge on any atom is 0.234 e. The first kappa shape index (κ1) is 21.4. The van der Waals surface area contributed by atoms with Crippen molar-refractivity contribution in [2.75, 3.05) is 11.1 Å². The van der Waals surface area contributed by atoms with Crippen molar-refractivity contribution < 1.29 is 9.59 Å². The normalized spacial score (nSPS) is 16.2. The van der Waals surface area contributed by atoms with E-state index in [9.17, 15) is 14.9 Å². The molecule has 1 aliphatic rings. The van der Waals surface area contributed by atoms with Crippen molar-refractivity contribution in [1.82, 2.24) is 5.32 Å². The molecule has 2 aromatic carbocycles. The Kier molecular flexibility index (Phi) is 7.01. The Morgan fingerprint density at radius 2 is 2.07 bits per heavy atom. The zero-order valence-electron chi connectivity index (χ0n) is 15.5. The maximum atomic E-state index is 12.4. The van der Waals surface area contributed by atoms with Crippen molar-refractivity contribution in [2.24, 2.45) is 0 Å². The Hall–Kier alpha value is -2.27. The summed E-state index contributed by atoms with van der Waals surface area (Å²) in [6, 6.07) is 14.9. The number of carbonyl (C=O) groups excluding carboxylic acids is 2. The van der Waals surface area contributed by atoms with Gasteiger partial charge in [0.15, 0.2) is 0 Å². The number of hydrogen-bond acceptors (Lipinski definition) is 4. The molecule has 0 saturated heterocycles. The molecule has 1 heterocycles. The third-order valence-corrected chi connectivity index (χ3v) is 6.20. The summed E-state index contributed by atoms with van der Waals surface area (Å²) < 4.78 is 0.935. The Bertz CT molecular complexity index is 1030. The molecule has 0 saturated carbocycles. The predicted octanol–water partition coefficient (Wildman–Crippen LogP) is 5.12. The maximum absolute atomic E-state index is 12.4. The number of nitriles is 1. The third-order valence-electron chi connectivity index (χ3n) is 4.44. The number of anilines is 1. The Labute approximate surface area is 186 Å². The van der Waals surface area contributed by atoms with Crippen LogP contribution >= 0.6 is 39.3 Å². The highest BCUT2D eigenvalue weighted by atomic mass is 79.9. The van der Waals surface area contributed by atoms with Gasteiger partial charge in [0.25, 0.3) is 0 Å². The quantitative estimate of drug-likeness (QED) is 0.609. The van der Waals surface area contributed by atoms with Crippen LogP contribution < -0.4 is 10.6 Å². The molecule has 2 N–H and O–H groups in total. The van der Waals surface area contributed by atoms with Gasteiger partial charge in [-0.25, -0.2) is 0 Å². The van der Waals surface area contributed by atoms with Crippen molar-refractivity contribution in [2.45, 2.75) is 19.3 Å². The lowest BCUT2D eigenvalue weighted by molar-refractivity contribution is -0.121. The standard InChI is InChI=1S/C21H17BrClN3O2S/c1-12-8-14(22)4-7-18(12)25-20(28)11-29-21-17(10-24)16(9-19(27)26-21)13-2-5-15(23)6-3-13/h2-8,16H,9,11H2,1H3,(H,25,28)(H,26,27)/t16-/m0/s1. The van der Waals surface area contributed by atoms with Crippen LogP contribution in [0.4, 0.5) is 5.69 Å². The molecule has 148 valence electrons. The van der Waals surface area contributed by atoms with Gasteiger partial charge in [0.05, 0.1) is 22.4 Å². The first-order valence-electron chi connectivity index (χ1n) is 8.75. The summed E-state index contributed by atoms with van der Waals surface area (Å²) in [7, 11) is 0. The summed E-state index contributed by atoms with van der Waals surface area (Å²) in [5, 5.41) is 16.3. The largest absolute Gasteiger partial charge is 0.325 e. The summed E-state index contributed by atoms with van der Waals surface area (Å²) in [6.45, 7) is 1.90. The van der Waals surface area contributed by atoms with Crippen LogP contribution in [0.1, 0.15) is 23.5 Å². The molecule has 5 nitrogen and oxygen atoms in total. The number of nitrogens with zero attached hydrogens (tertiary/aromatic N) is 1. The first-order chi connectivity index (χ1) is 13.9. The number of aryl methyl sites for hydroxylation is 1. The molecule has 8 heteroatoms. The monoisotopic (exact) mass is 489 g/mol. The summed E-state index contributed by atoms with van der Waals surface area (Å²) in [5.74, 6) is -0.683. The van der Waals surface area contributed by atoms with Crippen LogP contribution in [0.5, 0.6) is 0 Å². The second-order valence-corrected chi connectivity index (χ2v) is 8.84. The summed E-state index contributed by atoms with van der Waals surface area (Å²) in [6.07, 6.45) is 0.179. The average molecular weight is 491 g/mol. The molecule has 0 aliphatic carbocycles. The summed E-state index contributed by atoms with van der Waals surface area (Å²) >= 11 is 10.5. The van der Waals surface area contributed by atoms with Crippen molar-refractivity contribution in [3.8, 4) is 6.07 Å². The van der Waals surface area contributed by atoms with Crippen LogP contribution in [-0.4, -0.2) is 17.6 Å². The Balaban J connectivity index is 1.75. The molecular formula is C21H17BrClN3O2S. The van der Waals surface area contributed by atoms with Gasteiger partial charge < -0.3 is 10.6 Å². The number of thioether (sulfide) groups is 1. The van der Waals surface area contributed by atoms with E-state index in [0.29, 0.717) is 15.6 Å². The zero-order chi connectivity index (χ0) is 21.0. The highest BCUT2D eigenvalue weighted by molar-refractivity contribution is 9.10. The van der Waals surface area contributed by atoms with E-state index in [-0.39, 0.29) is 29.9 Å². The van der Waals surface area contributed by atoms with E-state index in [2.05, 4.69) is 32.6 Å². The third kappa shape index (κ3) is 5.41. The van der Waals surface area contributed by atoms with Gasteiger partial charge in [-0.2, -0.15) is 5.26 Å². The van der Waals surface area contributed by atoms with Gasteiger partial charge in [0.1, 0.15) is 0 Å². The number of nitrogens with one attached hydrogen (secondary N) is 2. The molecule has 0 fully saturated rings. The lowest BCUT2D eigenvalue weighted by Gasteiger charge is -2.25. The number of amides is 2. The van der Waals surface area contributed by atoms with E-state index in [0.717, 1.165) is 33.0 Å². The molecule has 0 spiro atoms. The van der Waals surface area contributed by atoms with Crippen LogP contribution in [0.3, 0.4) is 0 Å². The molecule has 0 aromatic heterocycles. The minimum Gasteiger partial charge on any atom is -0.325 e. The first-order valence-corrected chi connectivity index (χ1v) is 10.9.